The summed E-state index contributed by atoms with van der Waals surface area (Å²) in [5.74, 6) is 0. The third-order valence-corrected chi connectivity index (χ3v) is 7.41. The van der Waals surface area contributed by atoms with Crippen LogP contribution in [0.5, 0.6) is 0 Å². The number of rotatable bonds is 4. The van der Waals surface area contributed by atoms with Crippen LogP contribution in [0.4, 0.5) is 0 Å². The summed E-state index contributed by atoms with van der Waals surface area (Å²) >= 11 is 0. The van der Waals surface area contributed by atoms with Crippen molar-refractivity contribution in [2.45, 2.75) is 118 Å². The molecule has 0 N–H and O–H groups in total. The van der Waals surface area contributed by atoms with Gasteiger partial charge in [-0.15, -0.1) is 0 Å². The van der Waals surface area contributed by atoms with Gasteiger partial charge < -0.3 is 18.6 Å². The van der Waals surface area contributed by atoms with Crippen LogP contribution in [0.15, 0.2) is 12.4 Å². The van der Waals surface area contributed by atoms with E-state index in [0.29, 0.717) is 0 Å². The van der Waals surface area contributed by atoms with Gasteiger partial charge in [0.1, 0.15) is 18.1 Å². The molecule has 6 nitrogen and oxygen atoms in total. The van der Waals surface area contributed by atoms with Crippen LogP contribution in [0, 0.1) is 0 Å². The van der Waals surface area contributed by atoms with E-state index in [9.17, 15) is 0 Å². The lowest BCUT2D eigenvalue weighted by Gasteiger charge is -2.37. The maximum Gasteiger partial charge on any atom is 0.390 e. The molecule has 0 aliphatic carbocycles. The number of imidazole rings is 1. The SMILES string of the molecule is CC(C)n1cc[n+](C(C)C)c1[B-]1(B2OC(C)(C)C(C)(C)O2)OC(C)(C)C(C)(C)O1. The summed E-state index contributed by atoms with van der Waals surface area (Å²) in [5.41, 5.74) is -1.01. The van der Waals surface area contributed by atoms with E-state index in [4.69, 9.17) is 18.6 Å². The van der Waals surface area contributed by atoms with E-state index in [1.54, 1.807) is 0 Å². The quantitative estimate of drug-likeness (QED) is 0.569. The molecule has 0 amide bonds. The molecule has 0 atom stereocenters. The molecular formula is C21H40B2N2O4. The Balaban J connectivity index is 2.27. The Morgan fingerprint density at radius 2 is 1.28 bits per heavy atom. The van der Waals surface area contributed by atoms with Crippen LogP contribution < -0.4 is 10.3 Å². The fourth-order valence-electron chi connectivity index (χ4n) is 4.31. The predicted octanol–water partition coefficient (Wildman–Crippen LogP) is 3.36. The Hall–Kier alpha value is -0.820. The average molecular weight is 406 g/mol. The summed E-state index contributed by atoms with van der Waals surface area (Å²) in [7, 11) is -0.640. The normalized spacial score (nSPS) is 26.6. The van der Waals surface area contributed by atoms with Crippen LogP contribution >= 0.6 is 0 Å². The second kappa shape index (κ2) is 6.59. The lowest BCUT2D eigenvalue weighted by molar-refractivity contribution is -0.700. The molecule has 1 aromatic heterocycles. The van der Waals surface area contributed by atoms with Gasteiger partial charge in [0.2, 0.25) is 0 Å². The molecule has 3 rings (SSSR count). The van der Waals surface area contributed by atoms with Crippen molar-refractivity contribution in [3.8, 4) is 0 Å². The first kappa shape index (κ1) is 22.9. The minimum Gasteiger partial charge on any atom is -0.555 e. The van der Waals surface area contributed by atoms with Crippen LogP contribution in [-0.2, 0) is 18.6 Å². The van der Waals surface area contributed by atoms with Crippen molar-refractivity contribution in [2.75, 3.05) is 0 Å². The first-order valence-electron chi connectivity index (χ1n) is 11.0. The molecule has 0 unspecified atom stereocenters. The topological polar surface area (TPSA) is 45.7 Å². The second-order valence-corrected chi connectivity index (χ2v) is 11.3. The van der Waals surface area contributed by atoms with Gasteiger partial charge in [-0.1, -0.05) is 0 Å². The highest BCUT2D eigenvalue weighted by molar-refractivity contribution is 7.28. The largest absolute Gasteiger partial charge is 0.555 e. The van der Waals surface area contributed by atoms with E-state index < -0.39 is 35.9 Å². The second-order valence-electron chi connectivity index (χ2n) is 11.3. The lowest BCUT2D eigenvalue weighted by Crippen LogP contribution is -2.75. The molecule has 2 aliphatic heterocycles. The first-order valence-corrected chi connectivity index (χ1v) is 11.0. The van der Waals surface area contributed by atoms with Crippen molar-refractivity contribution < 1.29 is 23.2 Å². The van der Waals surface area contributed by atoms with E-state index >= 15 is 0 Å². The fraction of sp³-hybridized carbons (Fsp3) is 0.857. The molecule has 29 heavy (non-hydrogen) atoms. The van der Waals surface area contributed by atoms with Crippen LogP contribution in [0.1, 0.15) is 95.2 Å². The zero-order valence-electron chi connectivity index (χ0n) is 20.5. The molecule has 2 saturated heterocycles. The minimum absolute atomic E-state index is 0.241. The van der Waals surface area contributed by atoms with Crippen molar-refractivity contribution in [3.63, 3.8) is 0 Å². The maximum absolute atomic E-state index is 6.90. The highest BCUT2D eigenvalue weighted by Crippen LogP contribution is 2.47. The Morgan fingerprint density at radius 3 is 1.66 bits per heavy atom. The smallest absolute Gasteiger partial charge is 0.390 e. The van der Waals surface area contributed by atoms with Gasteiger partial charge in [0.25, 0.3) is 0 Å². The summed E-state index contributed by atoms with van der Waals surface area (Å²) in [6.45, 7) is 25.3. The van der Waals surface area contributed by atoms with Gasteiger partial charge in [-0.05, 0) is 83.1 Å². The predicted molar refractivity (Wildman–Crippen MR) is 117 cm³/mol. The molecule has 0 bridgehead atoms. The van der Waals surface area contributed by atoms with Crippen molar-refractivity contribution >= 4 is 19.2 Å². The Bertz CT molecular complexity index is 726. The monoisotopic (exact) mass is 406 g/mol. The summed E-state index contributed by atoms with van der Waals surface area (Å²) in [6, 6.07) is 0.482. The first-order chi connectivity index (χ1) is 13.0. The Kier molecular flexibility index (Phi) is 5.19. The van der Waals surface area contributed by atoms with E-state index in [1.807, 2.05) is 0 Å². The van der Waals surface area contributed by atoms with Gasteiger partial charge in [0.15, 0.2) is 0 Å². The van der Waals surface area contributed by atoms with Crippen molar-refractivity contribution in [1.29, 1.82) is 0 Å². The van der Waals surface area contributed by atoms with Crippen LogP contribution in [0.25, 0.3) is 0 Å². The van der Waals surface area contributed by atoms with Crippen LogP contribution in [-0.4, -0.2) is 40.4 Å². The number of nitrogens with zero attached hydrogens (tertiary/aromatic N) is 2. The molecule has 1 aromatic rings. The third-order valence-electron chi connectivity index (χ3n) is 7.41. The fourth-order valence-corrected chi connectivity index (χ4v) is 4.31. The highest BCUT2D eigenvalue weighted by Gasteiger charge is 2.68. The summed E-state index contributed by atoms with van der Waals surface area (Å²) in [6.07, 6.45) is 2.12. The lowest BCUT2D eigenvalue weighted by atomic mass is 9.27. The number of hydrogen-bond acceptors (Lipinski definition) is 4. The molecular weight excluding hydrogens is 366 g/mol. The molecule has 0 saturated carbocycles. The van der Waals surface area contributed by atoms with Gasteiger partial charge in [-0.25, -0.2) is 0 Å². The van der Waals surface area contributed by atoms with Crippen LogP contribution in [0.3, 0.4) is 0 Å². The maximum atomic E-state index is 6.90. The molecule has 0 aromatic carbocycles. The van der Waals surface area contributed by atoms with Gasteiger partial charge in [-0.3, -0.25) is 9.13 Å². The van der Waals surface area contributed by atoms with E-state index in [-0.39, 0.29) is 12.1 Å². The van der Waals surface area contributed by atoms with Gasteiger partial charge >= 0.3 is 13.5 Å². The van der Waals surface area contributed by atoms with Gasteiger partial charge in [0.05, 0.1) is 23.3 Å². The number of hydrogen-bond donors (Lipinski definition) is 0. The van der Waals surface area contributed by atoms with Crippen molar-refractivity contribution in [2.24, 2.45) is 0 Å². The molecule has 8 heteroatoms. The molecule has 2 fully saturated rings. The summed E-state index contributed by atoms with van der Waals surface area (Å²) < 4.78 is 31.4. The van der Waals surface area contributed by atoms with Crippen molar-refractivity contribution in [1.82, 2.24) is 4.57 Å². The zero-order chi connectivity index (χ0) is 22.2. The van der Waals surface area contributed by atoms with Gasteiger partial charge in [0, 0.05) is 11.2 Å². The minimum atomic E-state index is -2.10. The zero-order valence-corrected chi connectivity index (χ0v) is 20.5. The van der Waals surface area contributed by atoms with E-state index in [0.717, 1.165) is 5.72 Å². The summed E-state index contributed by atoms with van der Waals surface area (Å²) in [5, 5.41) is 0. The molecule has 2 aliphatic rings. The van der Waals surface area contributed by atoms with Crippen molar-refractivity contribution in [3.05, 3.63) is 12.4 Å². The summed E-state index contributed by atoms with van der Waals surface area (Å²) in [4.78, 5) is 0. The Labute approximate surface area is 177 Å². The van der Waals surface area contributed by atoms with E-state index in [2.05, 4.69) is 105 Å². The third kappa shape index (κ3) is 3.31. The molecule has 164 valence electrons. The molecule has 3 heterocycles. The molecule has 0 spiro atoms. The van der Waals surface area contributed by atoms with E-state index in [1.165, 1.54) is 0 Å². The molecule has 0 radical (unpaired) electrons. The average Bonchev–Trinajstić information content (AvgIpc) is 3.11. The van der Waals surface area contributed by atoms with Crippen LogP contribution in [0.2, 0.25) is 0 Å². The van der Waals surface area contributed by atoms with Gasteiger partial charge in [-0.2, -0.15) is 0 Å². The standard InChI is InChI=1S/C21H40B2N2O4/c1-15(2)24-13-14-25(16(3)4)17(24)23(28-20(9,10)21(11,12)29-23)22-26-18(5,6)19(7,8)27-22/h13-16H,1-12H3. The highest BCUT2D eigenvalue weighted by atomic mass is 16.7. The number of aromatic nitrogens is 2. The Morgan fingerprint density at radius 1 is 0.828 bits per heavy atom.